The van der Waals surface area contributed by atoms with E-state index in [1.165, 1.54) is 5.56 Å². The number of nitriles is 1. The zero-order valence-corrected chi connectivity index (χ0v) is 27.4. The Bertz CT molecular complexity index is 1500. The normalized spacial score (nSPS) is 19.7. The number of aryl methyl sites for hydroxylation is 1. The summed E-state index contributed by atoms with van der Waals surface area (Å²) < 4.78 is 6.68. The Morgan fingerprint density at radius 3 is 2.62 bits per heavy atom. The summed E-state index contributed by atoms with van der Waals surface area (Å²) in [5.74, 6) is 1.03. The van der Waals surface area contributed by atoms with Gasteiger partial charge in [-0.1, -0.05) is 27.7 Å². The first-order valence-corrected chi connectivity index (χ1v) is 17.9. The van der Waals surface area contributed by atoms with Crippen molar-refractivity contribution < 1.29 is 4.43 Å². The van der Waals surface area contributed by atoms with Crippen molar-refractivity contribution in [3.05, 3.63) is 59.0 Å². The van der Waals surface area contributed by atoms with Gasteiger partial charge in [-0.05, 0) is 99.3 Å². The highest BCUT2D eigenvalue weighted by Crippen LogP contribution is 2.44. The quantitative estimate of drug-likeness (QED) is 0.288. The maximum Gasteiger partial charge on any atom is 0.227 e. The Labute approximate surface area is 252 Å². The van der Waals surface area contributed by atoms with Gasteiger partial charge in [-0.3, -0.25) is 4.98 Å². The van der Waals surface area contributed by atoms with Crippen LogP contribution in [0, 0.1) is 18.3 Å². The fourth-order valence-electron chi connectivity index (χ4n) is 5.55. The van der Waals surface area contributed by atoms with Gasteiger partial charge in [0.15, 0.2) is 8.32 Å². The summed E-state index contributed by atoms with van der Waals surface area (Å²) in [6, 6.07) is 10.6. The standard InChI is InChI=1S/C33H45N7OSi/c1-22-29(17-26(19-36-22)23-10-13-40(6)14-11-23)39-31-35-12-9-28(38-31)24-15-25(18-34)30-27(16-24)33(5,20-37-30)21-41-42(7,8)32(2,3)4/h9,12,15-17,19,23,37H,10-11,13-14,20-21H2,1-8H3,(H,35,38,39)/t33-/m1/s1. The van der Waals surface area contributed by atoms with Gasteiger partial charge in [0.25, 0.3) is 0 Å². The molecule has 222 valence electrons. The third-order valence-electron chi connectivity index (χ3n) is 9.62. The largest absolute Gasteiger partial charge is 0.416 e. The minimum atomic E-state index is -1.94. The van der Waals surface area contributed by atoms with Crippen LogP contribution in [0.25, 0.3) is 11.3 Å². The van der Waals surface area contributed by atoms with Crippen molar-refractivity contribution in [2.24, 2.45) is 0 Å². The third kappa shape index (κ3) is 6.07. The van der Waals surface area contributed by atoms with Gasteiger partial charge >= 0.3 is 0 Å². The first-order chi connectivity index (χ1) is 19.8. The van der Waals surface area contributed by atoms with Crippen molar-refractivity contribution in [3.8, 4) is 17.3 Å². The van der Waals surface area contributed by atoms with E-state index in [2.05, 4.69) is 86.6 Å². The number of hydrogen-bond donors (Lipinski definition) is 2. The maximum absolute atomic E-state index is 10.1. The maximum atomic E-state index is 10.1. The van der Waals surface area contributed by atoms with Crippen LogP contribution in [0.5, 0.6) is 0 Å². The van der Waals surface area contributed by atoms with E-state index in [0.717, 1.165) is 66.4 Å². The minimum Gasteiger partial charge on any atom is -0.416 e. The topological polar surface area (TPSA) is 99.0 Å². The van der Waals surface area contributed by atoms with Crippen LogP contribution < -0.4 is 10.6 Å². The highest BCUT2D eigenvalue weighted by atomic mass is 28.4. The number of anilines is 3. The van der Waals surface area contributed by atoms with Gasteiger partial charge in [-0.2, -0.15) is 5.26 Å². The molecule has 1 saturated heterocycles. The number of nitrogens with zero attached hydrogens (tertiary/aromatic N) is 5. The first kappa shape index (κ1) is 30.1. The van der Waals surface area contributed by atoms with E-state index in [4.69, 9.17) is 14.4 Å². The van der Waals surface area contributed by atoms with E-state index in [-0.39, 0.29) is 10.5 Å². The smallest absolute Gasteiger partial charge is 0.227 e. The second kappa shape index (κ2) is 11.4. The van der Waals surface area contributed by atoms with E-state index in [0.29, 0.717) is 24.0 Å². The number of benzene rings is 1. The van der Waals surface area contributed by atoms with Crippen LogP contribution in [-0.4, -0.2) is 61.5 Å². The molecule has 0 spiro atoms. The molecule has 0 amide bonds. The number of pyridine rings is 1. The zero-order chi connectivity index (χ0) is 30.3. The molecule has 2 N–H and O–H groups in total. The molecule has 9 heteroatoms. The Hall–Kier alpha value is -3.32. The summed E-state index contributed by atoms with van der Waals surface area (Å²) in [7, 11) is 0.245. The molecule has 4 heterocycles. The van der Waals surface area contributed by atoms with Crippen LogP contribution in [0.4, 0.5) is 17.3 Å². The predicted molar refractivity (Wildman–Crippen MR) is 173 cm³/mol. The number of nitrogens with one attached hydrogen (secondary N) is 2. The van der Waals surface area contributed by atoms with Gasteiger partial charge in [0.05, 0.1) is 28.3 Å². The Morgan fingerprint density at radius 2 is 1.93 bits per heavy atom. The minimum absolute atomic E-state index is 0.128. The van der Waals surface area contributed by atoms with Crippen LogP contribution in [0.3, 0.4) is 0 Å². The van der Waals surface area contributed by atoms with E-state index in [1.807, 2.05) is 25.3 Å². The molecule has 1 aromatic carbocycles. The Balaban J connectivity index is 1.42. The fraction of sp³-hybridized carbons (Fsp3) is 0.515. The molecule has 0 radical (unpaired) electrons. The molecule has 0 saturated carbocycles. The number of likely N-dealkylation sites (tertiary alicyclic amines) is 1. The van der Waals surface area contributed by atoms with Crippen molar-refractivity contribution >= 4 is 25.6 Å². The lowest BCUT2D eigenvalue weighted by atomic mass is 9.83. The molecular weight excluding hydrogens is 538 g/mol. The summed E-state index contributed by atoms with van der Waals surface area (Å²) in [5, 5.41) is 17.1. The number of rotatable bonds is 7. The molecule has 2 aliphatic rings. The number of fused-ring (bicyclic) bond motifs is 1. The van der Waals surface area contributed by atoms with Gasteiger partial charge in [0.2, 0.25) is 5.95 Å². The Morgan fingerprint density at radius 1 is 1.19 bits per heavy atom. The van der Waals surface area contributed by atoms with Crippen molar-refractivity contribution in [2.75, 3.05) is 43.9 Å². The van der Waals surface area contributed by atoms with E-state index in [9.17, 15) is 5.26 Å². The van der Waals surface area contributed by atoms with Crippen LogP contribution in [0.1, 0.15) is 68.8 Å². The predicted octanol–water partition coefficient (Wildman–Crippen LogP) is 6.98. The summed E-state index contributed by atoms with van der Waals surface area (Å²) in [6.07, 6.45) is 6.06. The zero-order valence-electron chi connectivity index (χ0n) is 26.4. The van der Waals surface area contributed by atoms with E-state index in [1.54, 1.807) is 6.20 Å². The monoisotopic (exact) mass is 583 g/mol. The molecule has 0 aliphatic carbocycles. The van der Waals surface area contributed by atoms with Gasteiger partial charge in [-0.25, -0.2) is 9.97 Å². The van der Waals surface area contributed by atoms with E-state index >= 15 is 0 Å². The van der Waals surface area contributed by atoms with E-state index < -0.39 is 8.32 Å². The molecule has 2 aromatic heterocycles. The lowest BCUT2D eigenvalue weighted by molar-refractivity contribution is 0.220. The lowest BCUT2D eigenvalue weighted by Crippen LogP contribution is -2.45. The SMILES string of the molecule is Cc1ncc(C2CCN(C)CC2)cc1Nc1nccc(-c2cc(C#N)c3c(c2)[C@@](C)(CO[Si](C)(C)C(C)(C)C)CN3)n1. The molecule has 1 fully saturated rings. The lowest BCUT2D eigenvalue weighted by Gasteiger charge is -2.39. The van der Waals surface area contributed by atoms with Crippen LogP contribution in [0.15, 0.2) is 36.7 Å². The van der Waals surface area contributed by atoms with Gasteiger partial charge in [-0.15, -0.1) is 0 Å². The third-order valence-corrected chi connectivity index (χ3v) is 14.1. The van der Waals surface area contributed by atoms with Crippen LogP contribution in [-0.2, 0) is 9.84 Å². The number of piperidine rings is 1. The molecule has 2 aliphatic heterocycles. The highest BCUT2D eigenvalue weighted by molar-refractivity contribution is 6.74. The van der Waals surface area contributed by atoms with Crippen molar-refractivity contribution in [2.45, 2.75) is 76.9 Å². The van der Waals surface area contributed by atoms with Gasteiger partial charge in [0, 0.05) is 36.5 Å². The summed E-state index contributed by atoms with van der Waals surface area (Å²) in [6.45, 7) is 19.1. The molecule has 0 bridgehead atoms. The number of hydrogen-bond acceptors (Lipinski definition) is 8. The first-order valence-electron chi connectivity index (χ1n) is 15.0. The number of aromatic nitrogens is 3. The highest BCUT2D eigenvalue weighted by Gasteiger charge is 2.42. The molecule has 5 rings (SSSR count). The summed E-state index contributed by atoms with van der Waals surface area (Å²) in [5.41, 5.74) is 7.14. The van der Waals surface area contributed by atoms with Crippen LogP contribution in [0.2, 0.25) is 18.1 Å². The van der Waals surface area contributed by atoms with Gasteiger partial charge in [0.1, 0.15) is 6.07 Å². The van der Waals surface area contributed by atoms with Crippen molar-refractivity contribution in [3.63, 3.8) is 0 Å². The average Bonchev–Trinajstić information content (AvgIpc) is 3.29. The van der Waals surface area contributed by atoms with Crippen molar-refractivity contribution in [1.82, 2.24) is 19.9 Å². The molecule has 42 heavy (non-hydrogen) atoms. The fourth-order valence-corrected chi connectivity index (χ4v) is 6.66. The summed E-state index contributed by atoms with van der Waals surface area (Å²) in [4.78, 5) is 16.5. The Kier molecular flexibility index (Phi) is 8.18. The molecule has 1 atom stereocenters. The van der Waals surface area contributed by atoms with Gasteiger partial charge < -0.3 is 20.0 Å². The average molecular weight is 584 g/mol. The molecular formula is C33H45N7OSi. The van der Waals surface area contributed by atoms with Crippen LogP contribution >= 0.6 is 0 Å². The molecule has 0 unspecified atom stereocenters. The molecule has 3 aromatic rings. The second-order valence-electron chi connectivity index (χ2n) is 13.9. The second-order valence-corrected chi connectivity index (χ2v) is 18.7. The summed E-state index contributed by atoms with van der Waals surface area (Å²) >= 11 is 0. The molecule has 8 nitrogen and oxygen atoms in total. The van der Waals surface area contributed by atoms with Crippen molar-refractivity contribution in [1.29, 1.82) is 5.26 Å².